The zero-order valence-electron chi connectivity index (χ0n) is 20.9. The Morgan fingerprint density at radius 3 is 2.39 bits per heavy atom. The normalized spacial score (nSPS) is 10.4. The topological polar surface area (TPSA) is 131 Å². The standard InChI is InChI=1S/C18H17BrFN3O5S.C3H7NO.C2H6/c1-21-29(25,26)23-17-16(20)10(5-6-22-17)7-13-14(9-19)12-4-3-11(27-2)8-15(12)28-18(13)24;1-4(2)3-5;1-2/h3-6,8,21H,7,9H2,1-2H3,(H,22,23);3H,1-2H3;1-2H3. The van der Waals surface area contributed by atoms with Crippen LogP contribution in [0.15, 0.2) is 39.7 Å². The van der Waals surface area contributed by atoms with Gasteiger partial charge in [-0.3, -0.25) is 9.52 Å². The Morgan fingerprint density at radius 1 is 1.22 bits per heavy atom. The number of nitrogens with zero attached hydrogens (tertiary/aromatic N) is 2. The highest BCUT2D eigenvalue weighted by molar-refractivity contribution is 9.08. The number of anilines is 1. The summed E-state index contributed by atoms with van der Waals surface area (Å²) in [6, 6.07) is 6.47. The van der Waals surface area contributed by atoms with Crippen LogP contribution < -0.4 is 19.8 Å². The zero-order valence-corrected chi connectivity index (χ0v) is 23.3. The highest BCUT2D eigenvalue weighted by Crippen LogP contribution is 2.28. The van der Waals surface area contributed by atoms with E-state index in [2.05, 4.69) is 20.9 Å². The van der Waals surface area contributed by atoms with Gasteiger partial charge in [-0.1, -0.05) is 29.8 Å². The molecule has 0 aliphatic rings. The number of methoxy groups -OCH3 is 1. The SMILES string of the molecule is CC.CN(C)C=O.CNS(=O)(=O)Nc1nccc(Cc2c(CBr)c3ccc(OC)cc3oc2=O)c1F. The zero-order chi connectivity index (χ0) is 27.5. The fourth-order valence-corrected chi connectivity index (χ4v) is 3.94. The van der Waals surface area contributed by atoms with Crippen molar-refractivity contribution in [1.29, 1.82) is 0 Å². The Morgan fingerprint density at radius 2 is 1.86 bits per heavy atom. The first-order chi connectivity index (χ1) is 17.1. The van der Waals surface area contributed by atoms with E-state index in [1.54, 1.807) is 32.3 Å². The van der Waals surface area contributed by atoms with Crippen LogP contribution in [-0.2, 0) is 26.8 Å². The molecule has 198 valence electrons. The number of nitrogens with one attached hydrogen (secondary N) is 2. The van der Waals surface area contributed by atoms with Gasteiger partial charge in [-0.25, -0.2) is 18.9 Å². The third kappa shape index (κ3) is 8.28. The largest absolute Gasteiger partial charge is 0.497 e. The van der Waals surface area contributed by atoms with Gasteiger partial charge >= 0.3 is 5.63 Å². The van der Waals surface area contributed by atoms with E-state index in [0.717, 1.165) is 6.41 Å². The molecule has 2 heterocycles. The highest BCUT2D eigenvalue weighted by atomic mass is 79.9. The van der Waals surface area contributed by atoms with Crippen molar-refractivity contribution in [3.63, 3.8) is 0 Å². The molecule has 0 saturated heterocycles. The summed E-state index contributed by atoms with van der Waals surface area (Å²) in [7, 11) is 2.12. The van der Waals surface area contributed by atoms with Crippen molar-refractivity contribution in [2.24, 2.45) is 0 Å². The maximum atomic E-state index is 14.8. The van der Waals surface area contributed by atoms with Crippen molar-refractivity contribution in [2.75, 3.05) is 33.0 Å². The van der Waals surface area contributed by atoms with Gasteiger partial charge in [-0.05, 0) is 29.3 Å². The van der Waals surface area contributed by atoms with Crippen LogP contribution in [0.5, 0.6) is 5.75 Å². The van der Waals surface area contributed by atoms with Gasteiger partial charge in [0.15, 0.2) is 11.6 Å². The van der Waals surface area contributed by atoms with Gasteiger partial charge in [0.05, 0.1) is 7.11 Å². The van der Waals surface area contributed by atoms with Gasteiger partial charge in [-0.2, -0.15) is 8.42 Å². The molecule has 2 N–H and O–H groups in total. The first kappa shape index (κ1) is 31.0. The third-order valence-electron chi connectivity index (χ3n) is 4.51. The quantitative estimate of drug-likeness (QED) is 0.234. The smallest absolute Gasteiger partial charge is 0.340 e. The lowest BCUT2D eigenvalue weighted by Crippen LogP contribution is -2.27. The van der Waals surface area contributed by atoms with E-state index in [4.69, 9.17) is 9.15 Å². The molecular weight excluding hydrogens is 559 g/mol. The molecule has 1 amide bonds. The van der Waals surface area contributed by atoms with Crippen molar-refractivity contribution >= 4 is 49.3 Å². The maximum Gasteiger partial charge on any atom is 0.340 e. The fraction of sp³-hybridized carbons (Fsp3) is 0.348. The number of carbonyl (C=O) groups is 1. The van der Waals surface area contributed by atoms with Gasteiger partial charge < -0.3 is 14.1 Å². The van der Waals surface area contributed by atoms with Crippen LogP contribution in [-0.4, -0.2) is 53.0 Å². The number of alkyl halides is 1. The molecule has 2 aromatic heterocycles. The molecule has 0 spiro atoms. The number of hydrogen-bond acceptors (Lipinski definition) is 7. The van der Waals surface area contributed by atoms with E-state index >= 15 is 0 Å². The summed E-state index contributed by atoms with van der Waals surface area (Å²) in [6.07, 6.45) is 1.90. The Kier molecular flexibility index (Phi) is 12.5. The van der Waals surface area contributed by atoms with Gasteiger partial charge in [0.25, 0.3) is 10.2 Å². The summed E-state index contributed by atoms with van der Waals surface area (Å²) in [6.45, 7) is 4.00. The van der Waals surface area contributed by atoms with Crippen LogP contribution in [0.25, 0.3) is 11.0 Å². The summed E-state index contributed by atoms with van der Waals surface area (Å²) in [5, 5.41) is 1.02. The van der Waals surface area contributed by atoms with Gasteiger partial charge in [0.2, 0.25) is 6.41 Å². The van der Waals surface area contributed by atoms with Crippen molar-refractivity contribution in [1.82, 2.24) is 14.6 Å². The van der Waals surface area contributed by atoms with Crippen LogP contribution in [0.1, 0.15) is 30.5 Å². The molecule has 0 aliphatic heterocycles. The molecule has 0 unspecified atom stereocenters. The number of fused-ring (bicyclic) bond motifs is 1. The van der Waals surface area contributed by atoms with Crippen molar-refractivity contribution in [3.05, 3.63) is 63.4 Å². The van der Waals surface area contributed by atoms with Crippen molar-refractivity contribution in [2.45, 2.75) is 25.6 Å². The Bertz CT molecular complexity index is 1330. The first-order valence-corrected chi connectivity index (χ1v) is 13.3. The van der Waals surface area contributed by atoms with Crippen LogP contribution in [0.2, 0.25) is 0 Å². The molecule has 0 fully saturated rings. The maximum absolute atomic E-state index is 14.8. The molecule has 10 nitrogen and oxygen atoms in total. The Hall–Kier alpha value is -3.03. The molecule has 0 saturated carbocycles. The molecule has 3 rings (SSSR count). The second kappa shape index (κ2) is 14.5. The fourth-order valence-electron chi connectivity index (χ4n) is 2.80. The number of aromatic nitrogens is 1. The molecule has 1 aromatic carbocycles. The number of amides is 1. The van der Waals surface area contributed by atoms with Gasteiger partial charge in [-0.15, -0.1) is 0 Å². The molecule has 0 bridgehead atoms. The highest BCUT2D eigenvalue weighted by Gasteiger charge is 2.19. The Labute approximate surface area is 218 Å². The number of halogens is 2. The summed E-state index contributed by atoms with van der Waals surface area (Å²) in [5.41, 5.74) is 0.731. The number of hydrogen-bond donors (Lipinski definition) is 2. The molecule has 13 heteroatoms. The van der Waals surface area contributed by atoms with Crippen LogP contribution in [0, 0.1) is 5.82 Å². The molecular formula is C23H30BrFN4O6S. The summed E-state index contributed by atoms with van der Waals surface area (Å²) in [5.74, 6) is -0.802. The summed E-state index contributed by atoms with van der Waals surface area (Å²) in [4.78, 5) is 27.2. The molecule has 36 heavy (non-hydrogen) atoms. The second-order valence-electron chi connectivity index (χ2n) is 7.03. The summed E-state index contributed by atoms with van der Waals surface area (Å²) >= 11 is 3.38. The van der Waals surface area contributed by atoms with Gasteiger partial charge in [0.1, 0.15) is 11.3 Å². The molecule has 0 aliphatic carbocycles. The minimum absolute atomic E-state index is 0.0937. The van der Waals surface area contributed by atoms with E-state index in [1.807, 2.05) is 23.3 Å². The Balaban J connectivity index is 0.000000826. The first-order valence-electron chi connectivity index (χ1n) is 10.7. The number of ether oxygens (including phenoxy) is 1. The predicted molar refractivity (Wildman–Crippen MR) is 141 cm³/mol. The van der Waals surface area contributed by atoms with E-state index < -0.39 is 27.5 Å². The number of rotatable bonds is 8. The number of carbonyl (C=O) groups excluding carboxylic acids is 1. The summed E-state index contributed by atoms with van der Waals surface area (Å²) < 4.78 is 52.7. The predicted octanol–water partition coefficient (Wildman–Crippen LogP) is 3.43. The van der Waals surface area contributed by atoms with Crippen molar-refractivity contribution in [3.8, 4) is 5.75 Å². The number of pyridine rings is 1. The van der Waals surface area contributed by atoms with Crippen LogP contribution in [0.4, 0.5) is 10.2 Å². The third-order valence-corrected chi connectivity index (χ3v) is 6.07. The monoisotopic (exact) mass is 588 g/mol. The van der Waals surface area contributed by atoms with Crippen LogP contribution >= 0.6 is 15.9 Å². The van der Waals surface area contributed by atoms with E-state index in [1.165, 1.54) is 31.3 Å². The molecule has 0 atom stereocenters. The average Bonchev–Trinajstić information content (AvgIpc) is 2.87. The van der Waals surface area contributed by atoms with Crippen molar-refractivity contribution < 1.29 is 26.8 Å². The van der Waals surface area contributed by atoms with Crippen LogP contribution in [0.3, 0.4) is 0 Å². The van der Waals surface area contributed by atoms with Gasteiger partial charge in [0, 0.05) is 56.1 Å². The van der Waals surface area contributed by atoms with E-state index in [9.17, 15) is 22.4 Å². The van der Waals surface area contributed by atoms with E-state index in [-0.39, 0.29) is 17.5 Å². The lowest BCUT2D eigenvalue weighted by atomic mass is 10.00. The number of benzene rings is 1. The average molecular weight is 589 g/mol. The second-order valence-corrected chi connectivity index (χ2v) is 9.21. The minimum Gasteiger partial charge on any atom is -0.497 e. The molecule has 0 radical (unpaired) electrons. The minimum atomic E-state index is -3.94. The lowest BCUT2D eigenvalue weighted by Gasteiger charge is -2.12. The molecule has 3 aromatic rings. The lowest BCUT2D eigenvalue weighted by molar-refractivity contribution is -0.115. The van der Waals surface area contributed by atoms with E-state index in [0.29, 0.717) is 27.6 Å².